The minimum atomic E-state index is -0.440. The van der Waals surface area contributed by atoms with Crippen LogP contribution in [-0.4, -0.2) is 10.5 Å². The van der Waals surface area contributed by atoms with Crippen LogP contribution in [-0.2, 0) is 11.8 Å². The van der Waals surface area contributed by atoms with Gasteiger partial charge in [-0.25, -0.2) is 4.39 Å². The summed E-state index contributed by atoms with van der Waals surface area (Å²) in [5.41, 5.74) is 1.67. The third kappa shape index (κ3) is 2.12. The summed E-state index contributed by atoms with van der Waals surface area (Å²) in [6, 6.07) is 13.2. The number of esters is 1. The fraction of sp³-hybridized carbons (Fsp3) is 0.158. The van der Waals surface area contributed by atoms with Gasteiger partial charge < -0.3 is 9.30 Å². The quantitative estimate of drug-likeness (QED) is 0.647. The van der Waals surface area contributed by atoms with Crippen molar-refractivity contribution in [3.8, 4) is 5.75 Å². The van der Waals surface area contributed by atoms with Crippen molar-refractivity contribution in [2.45, 2.75) is 12.3 Å². The summed E-state index contributed by atoms with van der Waals surface area (Å²) in [7, 11) is 1.70. The Kier molecular flexibility index (Phi) is 3.23. The Hall–Kier alpha value is -2.95. The molecule has 0 spiro atoms. The molecule has 0 radical (unpaired) electrons. The maximum Gasteiger partial charge on any atom is 0.312 e. The van der Waals surface area contributed by atoms with Crippen LogP contribution in [0.3, 0.4) is 0 Å². The number of ether oxygens (including phenoxy) is 1. The van der Waals surface area contributed by atoms with Crippen molar-refractivity contribution < 1.29 is 13.9 Å². The van der Waals surface area contributed by atoms with Gasteiger partial charge in [0, 0.05) is 18.4 Å². The molecular weight excluding hydrogens is 309 g/mol. The zero-order valence-electron chi connectivity index (χ0n) is 13.0. The lowest BCUT2D eigenvalue weighted by atomic mass is 9.86. The lowest BCUT2D eigenvalue weighted by molar-refractivity contribution is -0.135. The van der Waals surface area contributed by atoms with E-state index in [1.54, 1.807) is 23.7 Å². The van der Waals surface area contributed by atoms with Crippen LogP contribution in [0.2, 0.25) is 0 Å². The number of aromatic nitrogens is 1. The maximum absolute atomic E-state index is 13.2. The second-order valence-electron chi connectivity index (χ2n) is 5.91. The highest BCUT2D eigenvalue weighted by Gasteiger charge is 2.33. The van der Waals surface area contributed by atoms with E-state index in [9.17, 15) is 14.0 Å². The van der Waals surface area contributed by atoms with E-state index in [1.807, 2.05) is 24.3 Å². The minimum absolute atomic E-state index is 0.0617. The maximum atomic E-state index is 13.2. The van der Waals surface area contributed by atoms with Crippen molar-refractivity contribution in [1.29, 1.82) is 0 Å². The van der Waals surface area contributed by atoms with Crippen LogP contribution >= 0.6 is 0 Å². The third-order valence-electron chi connectivity index (χ3n) is 4.50. The second-order valence-corrected chi connectivity index (χ2v) is 5.91. The molecule has 4 rings (SSSR count). The predicted molar refractivity (Wildman–Crippen MR) is 87.7 cm³/mol. The predicted octanol–water partition coefficient (Wildman–Crippen LogP) is 3.12. The van der Waals surface area contributed by atoms with E-state index >= 15 is 0 Å². The highest BCUT2D eigenvalue weighted by atomic mass is 19.1. The van der Waals surface area contributed by atoms with Gasteiger partial charge in [-0.15, -0.1) is 0 Å². The standard InChI is InChI=1S/C19H14FNO3/c1-21-15-5-3-2-4-13(15)18-17(19(21)23)14(10-16(22)24-18)11-6-8-12(20)9-7-11/h2-9,14H,10H2,1H3. The van der Waals surface area contributed by atoms with Crippen molar-refractivity contribution >= 4 is 16.9 Å². The van der Waals surface area contributed by atoms with Crippen molar-refractivity contribution in [2.24, 2.45) is 7.05 Å². The van der Waals surface area contributed by atoms with Gasteiger partial charge in [-0.3, -0.25) is 9.59 Å². The van der Waals surface area contributed by atoms with Gasteiger partial charge in [0.25, 0.3) is 5.56 Å². The molecule has 3 aromatic rings. The van der Waals surface area contributed by atoms with E-state index < -0.39 is 11.9 Å². The summed E-state index contributed by atoms with van der Waals surface area (Å²) >= 11 is 0. The van der Waals surface area contributed by atoms with Crippen LogP contribution < -0.4 is 10.3 Å². The van der Waals surface area contributed by atoms with E-state index in [4.69, 9.17) is 4.74 Å². The molecular formula is C19H14FNO3. The van der Waals surface area contributed by atoms with Gasteiger partial charge in [-0.2, -0.15) is 0 Å². The smallest absolute Gasteiger partial charge is 0.312 e. The number of halogens is 1. The Balaban J connectivity index is 2.05. The van der Waals surface area contributed by atoms with Crippen LogP contribution in [0, 0.1) is 5.82 Å². The zero-order chi connectivity index (χ0) is 16.8. The molecule has 120 valence electrons. The average Bonchev–Trinajstić information content (AvgIpc) is 2.59. The summed E-state index contributed by atoms with van der Waals surface area (Å²) in [6.07, 6.45) is 0.0617. The first-order valence-corrected chi connectivity index (χ1v) is 7.64. The summed E-state index contributed by atoms with van der Waals surface area (Å²) in [5.74, 6) is -0.872. The fourth-order valence-corrected chi connectivity index (χ4v) is 3.31. The van der Waals surface area contributed by atoms with Gasteiger partial charge in [-0.1, -0.05) is 24.3 Å². The molecule has 5 heteroatoms. The Morgan fingerprint density at radius 2 is 1.79 bits per heavy atom. The molecule has 2 heterocycles. The van der Waals surface area contributed by atoms with E-state index in [2.05, 4.69) is 0 Å². The van der Waals surface area contributed by atoms with E-state index in [1.165, 1.54) is 12.1 Å². The first-order valence-electron chi connectivity index (χ1n) is 7.64. The first-order chi connectivity index (χ1) is 11.6. The van der Waals surface area contributed by atoms with Gasteiger partial charge in [0.2, 0.25) is 0 Å². The van der Waals surface area contributed by atoms with E-state index in [0.29, 0.717) is 16.8 Å². The minimum Gasteiger partial charge on any atom is -0.425 e. The average molecular weight is 323 g/mol. The number of nitrogens with zero attached hydrogens (tertiary/aromatic N) is 1. The molecule has 1 aliphatic rings. The number of aryl methyl sites for hydroxylation is 1. The SMILES string of the molecule is Cn1c(=O)c2c(c3ccccc31)OC(=O)CC2c1ccc(F)cc1. The van der Waals surface area contributed by atoms with Crippen molar-refractivity contribution in [3.05, 3.63) is 75.8 Å². The third-order valence-corrected chi connectivity index (χ3v) is 4.50. The molecule has 0 N–H and O–H groups in total. The number of fused-ring (bicyclic) bond motifs is 3. The van der Waals surface area contributed by atoms with Crippen LogP contribution in [0.5, 0.6) is 5.75 Å². The normalized spacial score (nSPS) is 16.8. The molecule has 2 aromatic carbocycles. The largest absolute Gasteiger partial charge is 0.425 e. The van der Waals surface area contributed by atoms with E-state index in [0.717, 1.165) is 10.9 Å². The Labute approximate surface area is 137 Å². The lowest BCUT2D eigenvalue weighted by Gasteiger charge is -2.26. The number of para-hydroxylation sites is 1. The molecule has 1 unspecified atom stereocenters. The number of rotatable bonds is 1. The zero-order valence-corrected chi connectivity index (χ0v) is 13.0. The van der Waals surface area contributed by atoms with Crippen molar-refractivity contribution in [2.75, 3.05) is 0 Å². The van der Waals surface area contributed by atoms with E-state index in [-0.39, 0.29) is 17.8 Å². The van der Waals surface area contributed by atoms with Gasteiger partial charge >= 0.3 is 5.97 Å². The molecule has 1 aromatic heterocycles. The molecule has 24 heavy (non-hydrogen) atoms. The summed E-state index contributed by atoms with van der Waals surface area (Å²) in [5, 5.41) is 0.717. The summed E-state index contributed by atoms with van der Waals surface area (Å²) in [4.78, 5) is 25.0. The van der Waals surface area contributed by atoms with Crippen LogP contribution in [0.1, 0.15) is 23.5 Å². The van der Waals surface area contributed by atoms with Gasteiger partial charge in [0.15, 0.2) is 0 Å². The lowest BCUT2D eigenvalue weighted by Crippen LogP contribution is -2.31. The fourth-order valence-electron chi connectivity index (χ4n) is 3.31. The molecule has 0 bridgehead atoms. The topological polar surface area (TPSA) is 48.3 Å². The van der Waals surface area contributed by atoms with Gasteiger partial charge in [0.1, 0.15) is 11.6 Å². The van der Waals surface area contributed by atoms with Gasteiger partial charge in [0.05, 0.1) is 17.5 Å². The molecule has 1 atom stereocenters. The number of carbonyl (C=O) groups is 1. The number of pyridine rings is 1. The number of hydrogen-bond acceptors (Lipinski definition) is 3. The molecule has 0 saturated carbocycles. The number of benzene rings is 2. The molecule has 1 aliphatic heterocycles. The first kappa shape index (κ1) is 14.6. The molecule has 0 amide bonds. The monoisotopic (exact) mass is 323 g/mol. The second kappa shape index (κ2) is 5.30. The van der Waals surface area contributed by atoms with Crippen LogP contribution in [0.25, 0.3) is 10.9 Å². The number of carbonyl (C=O) groups excluding carboxylic acids is 1. The Bertz CT molecular complexity index is 1020. The van der Waals surface area contributed by atoms with Gasteiger partial charge in [-0.05, 0) is 29.8 Å². The number of hydrogen-bond donors (Lipinski definition) is 0. The molecule has 4 nitrogen and oxygen atoms in total. The van der Waals surface area contributed by atoms with Crippen molar-refractivity contribution in [3.63, 3.8) is 0 Å². The molecule has 0 aliphatic carbocycles. The molecule has 0 fully saturated rings. The molecule has 0 saturated heterocycles. The van der Waals surface area contributed by atoms with Crippen LogP contribution in [0.4, 0.5) is 4.39 Å². The van der Waals surface area contributed by atoms with Crippen molar-refractivity contribution in [1.82, 2.24) is 4.57 Å². The summed E-state index contributed by atoms with van der Waals surface area (Å²) in [6.45, 7) is 0. The Morgan fingerprint density at radius 3 is 2.54 bits per heavy atom. The highest BCUT2D eigenvalue weighted by Crippen LogP contribution is 2.40. The summed E-state index contributed by atoms with van der Waals surface area (Å²) < 4.78 is 20.2. The van der Waals surface area contributed by atoms with Crippen LogP contribution in [0.15, 0.2) is 53.3 Å². The highest BCUT2D eigenvalue weighted by molar-refractivity contribution is 5.91. The Morgan fingerprint density at radius 1 is 1.08 bits per heavy atom.